The maximum Gasteiger partial charge on any atom is 0.212 e. The van der Waals surface area contributed by atoms with Gasteiger partial charge >= 0.3 is 0 Å². The fourth-order valence-electron chi connectivity index (χ4n) is 1.49. The van der Waals surface area contributed by atoms with Gasteiger partial charge < -0.3 is 0 Å². The molecule has 2 aromatic rings. The summed E-state index contributed by atoms with van der Waals surface area (Å²) < 4.78 is 3.96. The summed E-state index contributed by atoms with van der Waals surface area (Å²) in [5, 5.41) is 4.03. The van der Waals surface area contributed by atoms with Crippen LogP contribution in [0.3, 0.4) is 0 Å². The van der Waals surface area contributed by atoms with Crippen molar-refractivity contribution in [1.82, 2.24) is 9.78 Å². The largest absolute Gasteiger partial charge is 0.287 e. The lowest BCUT2D eigenvalue weighted by molar-refractivity contribution is 0.102. The summed E-state index contributed by atoms with van der Waals surface area (Å²) in [7, 11) is 1.74. The molecule has 1 aromatic carbocycles. The van der Waals surface area contributed by atoms with Crippen molar-refractivity contribution in [3.63, 3.8) is 0 Å². The Morgan fingerprint density at radius 3 is 2.24 bits per heavy atom. The Hall–Kier alpha value is -0.460. The highest BCUT2D eigenvalue weighted by molar-refractivity contribution is 9.11. The summed E-state index contributed by atoms with van der Waals surface area (Å²) >= 11 is 10.1. The maximum atomic E-state index is 12.3. The summed E-state index contributed by atoms with van der Waals surface area (Å²) in [5.74, 6) is -0.0705. The number of nitrogens with zero attached hydrogens (tertiary/aromatic N) is 2. The van der Waals surface area contributed by atoms with E-state index in [1.807, 2.05) is 6.07 Å². The van der Waals surface area contributed by atoms with Crippen molar-refractivity contribution < 1.29 is 4.79 Å². The third-order valence-corrected chi connectivity index (χ3v) is 3.73. The lowest BCUT2D eigenvalue weighted by Gasteiger charge is -2.04. The fraction of sp³-hybridized carbons (Fsp3) is 0.0909. The van der Waals surface area contributed by atoms with E-state index >= 15 is 0 Å². The van der Waals surface area contributed by atoms with Crippen LogP contribution in [0.5, 0.6) is 0 Å². The Bertz CT molecular complexity index is 553. The molecule has 0 amide bonds. The Morgan fingerprint density at radius 2 is 1.76 bits per heavy atom. The van der Waals surface area contributed by atoms with Crippen molar-refractivity contribution in [2.24, 2.45) is 7.05 Å². The highest BCUT2D eigenvalue weighted by Crippen LogP contribution is 2.24. The molecule has 0 unspecified atom stereocenters. The molecule has 17 heavy (non-hydrogen) atoms. The van der Waals surface area contributed by atoms with E-state index in [1.54, 1.807) is 30.1 Å². The van der Waals surface area contributed by atoms with Gasteiger partial charge in [0, 0.05) is 21.6 Å². The molecule has 0 saturated heterocycles. The molecule has 6 heteroatoms. The number of benzene rings is 1. The Labute approximate surface area is 124 Å². The smallest absolute Gasteiger partial charge is 0.212 e. The van der Waals surface area contributed by atoms with Crippen LogP contribution in [0.15, 0.2) is 37.8 Å². The molecule has 0 radical (unpaired) electrons. The lowest BCUT2D eigenvalue weighted by Crippen LogP contribution is -2.09. The van der Waals surface area contributed by atoms with Crippen molar-refractivity contribution >= 4 is 53.6 Å². The van der Waals surface area contributed by atoms with Crippen molar-refractivity contribution in [2.75, 3.05) is 0 Å². The van der Waals surface area contributed by atoms with Crippen LogP contribution in [0.25, 0.3) is 0 Å². The van der Waals surface area contributed by atoms with Crippen molar-refractivity contribution in [1.29, 1.82) is 0 Å². The predicted molar refractivity (Wildman–Crippen MR) is 76.2 cm³/mol. The standard InChI is InChI=1S/C11H7Br3N2O/c1-16-10(9(14)5-15-16)11(17)6-2-7(12)4-8(13)3-6/h2-5H,1H3. The molecule has 3 nitrogen and oxygen atoms in total. The Morgan fingerprint density at radius 1 is 1.18 bits per heavy atom. The molecule has 0 atom stereocenters. The number of ketones is 1. The number of aryl methyl sites for hydroxylation is 1. The van der Waals surface area contributed by atoms with Gasteiger partial charge in [0.1, 0.15) is 5.69 Å². The normalized spacial score (nSPS) is 10.6. The summed E-state index contributed by atoms with van der Waals surface area (Å²) in [4.78, 5) is 12.3. The van der Waals surface area contributed by atoms with Crippen LogP contribution < -0.4 is 0 Å². The number of hydrogen-bond donors (Lipinski definition) is 0. The maximum absolute atomic E-state index is 12.3. The first kappa shape index (κ1) is 13.0. The molecular weight excluding hydrogens is 416 g/mol. The molecule has 0 spiro atoms. The molecule has 0 N–H and O–H groups in total. The molecule has 88 valence electrons. The van der Waals surface area contributed by atoms with Gasteiger partial charge in [0.25, 0.3) is 0 Å². The van der Waals surface area contributed by atoms with Crippen LogP contribution >= 0.6 is 47.8 Å². The number of hydrogen-bond acceptors (Lipinski definition) is 2. The van der Waals surface area contributed by atoms with Gasteiger partial charge in [-0.05, 0) is 34.1 Å². The molecule has 0 aliphatic carbocycles. The Kier molecular flexibility index (Phi) is 3.85. The molecule has 1 heterocycles. The molecule has 0 fully saturated rings. The van der Waals surface area contributed by atoms with E-state index in [1.165, 1.54) is 0 Å². The highest BCUT2D eigenvalue weighted by Gasteiger charge is 2.17. The van der Waals surface area contributed by atoms with Crippen LogP contribution in [0.4, 0.5) is 0 Å². The average Bonchev–Trinajstić information content (AvgIpc) is 2.56. The summed E-state index contributed by atoms with van der Waals surface area (Å²) in [6, 6.07) is 5.45. The third kappa shape index (κ3) is 2.69. The van der Waals surface area contributed by atoms with Gasteiger partial charge in [-0.3, -0.25) is 9.48 Å². The van der Waals surface area contributed by atoms with Gasteiger partial charge in [-0.2, -0.15) is 5.10 Å². The minimum Gasteiger partial charge on any atom is -0.287 e. The van der Waals surface area contributed by atoms with Gasteiger partial charge in [-0.25, -0.2) is 0 Å². The van der Waals surface area contributed by atoms with E-state index in [0.717, 1.165) is 8.95 Å². The van der Waals surface area contributed by atoms with Crippen LogP contribution in [-0.4, -0.2) is 15.6 Å². The number of carbonyl (C=O) groups excluding carboxylic acids is 1. The van der Waals surface area contributed by atoms with Crippen LogP contribution in [0, 0.1) is 0 Å². The summed E-state index contributed by atoms with van der Waals surface area (Å²) in [6.45, 7) is 0. The van der Waals surface area contributed by atoms with E-state index in [4.69, 9.17) is 0 Å². The van der Waals surface area contributed by atoms with Gasteiger partial charge in [-0.15, -0.1) is 0 Å². The monoisotopic (exact) mass is 420 g/mol. The molecule has 2 rings (SSSR count). The minimum absolute atomic E-state index is 0.0705. The lowest BCUT2D eigenvalue weighted by atomic mass is 10.1. The first-order chi connectivity index (χ1) is 7.99. The molecule has 1 aromatic heterocycles. The molecule has 0 saturated carbocycles. The predicted octanol–water partition coefficient (Wildman–Crippen LogP) is 3.94. The van der Waals surface area contributed by atoms with Gasteiger partial charge in [0.15, 0.2) is 0 Å². The highest BCUT2D eigenvalue weighted by atomic mass is 79.9. The van der Waals surface area contributed by atoms with Gasteiger partial charge in [0.05, 0.1) is 10.7 Å². The summed E-state index contributed by atoms with van der Waals surface area (Å²) in [6.07, 6.45) is 1.61. The topological polar surface area (TPSA) is 34.9 Å². The number of aromatic nitrogens is 2. The number of carbonyl (C=O) groups is 1. The first-order valence-electron chi connectivity index (χ1n) is 4.67. The zero-order valence-electron chi connectivity index (χ0n) is 8.75. The van der Waals surface area contributed by atoms with Gasteiger partial charge in [0.2, 0.25) is 5.78 Å². The van der Waals surface area contributed by atoms with Crippen molar-refractivity contribution in [3.8, 4) is 0 Å². The quantitative estimate of drug-likeness (QED) is 0.687. The van der Waals surface area contributed by atoms with Crippen LogP contribution in [0.2, 0.25) is 0 Å². The van der Waals surface area contributed by atoms with Crippen molar-refractivity contribution in [3.05, 3.63) is 49.1 Å². The van der Waals surface area contributed by atoms with Crippen LogP contribution in [-0.2, 0) is 7.05 Å². The fourth-order valence-corrected chi connectivity index (χ4v) is 3.31. The van der Waals surface area contributed by atoms with Gasteiger partial charge in [-0.1, -0.05) is 31.9 Å². The van der Waals surface area contributed by atoms with E-state index in [-0.39, 0.29) is 5.78 Å². The zero-order chi connectivity index (χ0) is 12.6. The average molecular weight is 423 g/mol. The molecular formula is C11H7Br3N2O. The van der Waals surface area contributed by atoms with E-state index in [9.17, 15) is 4.79 Å². The van der Waals surface area contributed by atoms with E-state index < -0.39 is 0 Å². The third-order valence-electron chi connectivity index (χ3n) is 2.23. The second-order valence-corrected chi connectivity index (χ2v) is 6.14. The zero-order valence-corrected chi connectivity index (χ0v) is 13.5. The second kappa shape index (κ2) is 5.04. The molecule has 0 aliphatic rings. The molecule has 0 bridgehead atoms. The van der Waals surface area contributed by atoms with E-state index in [0.29, 0.717) is 15.7 Å². The second-order valence-electron chi connectivity index (χ2n) is 3.45. The van der Waals surface area contributed by atoms with E-state index in [2.05, 4.69) is 52.9 Å². The SMILES string of the molecule is Cn1ncc(Br)c1C(=O)c1cc(Br)cc(Br)c1. The van der Waals surface area contributed by atoms with Crippen LogP contribution in [0.1, 0.15) is 16.1 Å². The number of halogens is 3. The number of rotatable bonds is 2. The summed E-state index contributed by atoms with van der Waals surface area (Å²) in [5.41, 5.74) is 1.14. The minimum atomic E-state index is -0.0705. The Balaban J connectivity index is 2.51. The first-order valence-corrected chi connectivity index (χ1v) is 7.05. The molecule has 0 aliphatic heterocycles. The van der Waals surface area contributed by atoms with Crippen molar-refractivity contribution in [2.45, 2.75) is 0 Å².